The summed E-state index contributed by atoms with van der Waals surface area (Å²) in [7, 11) is 0. The van der Waals surface area contributed by atoms with Gasteiger partial charge in [-0.2, -0.15) is 0 Å². The summed E-state index contributed by atoms with van der Waals surface area (Å²) in [4.78, 5) is 48.7. The minimum atomic E-state index is -1.24. The Morgan fingerprint density at radius 1 is 0.886 bits per heavy atom. The standard InChI is InChI=1S/C26H19BrN2O6/c27-18-10-11-19-20(12-18)22(16-4-2-1-3-5-16)23(26(34)35)29(25(19)33)14-15-6-8-17(9-7-15)24(32)28-13-21(30)31/h1-12H,13-14H2,(H,28,32)(H,30,31)(H,34,35). The fourth-order valence-corrected chi connectivity index (χ4v) is 4.25. The van der Waals surface area contributed by atoms with Crippen LogP contribution >= 0.6 is 15.9 Å². The topological polar surface area (TPSA) is 126 Å². The van der Waals surface area contributed by atoms with Crippen LogP contribution in [0.5, 0.6) is 0 Å². The first-order valence-electron chi connectivity index (χ1n) is 10.5. The monoisotopic (exact) mass is 534 g/mol. The molecule has 0 fully saturated rings. The van der Waals surface area contributed by atoms with E-state index in [4.69, 9.17) is 5.11 Å². The summed E-state index contributed by atoms with van der Waals surface area (Å²) in [6.07, 6.45) is 0. The van der Waals surface area contributed by atoms with Crippen molar-refractivity contribution in [3.63, 3.8) is 0 Å². The molecule has 1 amide bonds. The zero-order chi connectivity index (χ0) is 25.1. The molecule has 0 aliphatic rings. The van der Waals surface area contributed by atoms with Gasteiger partial charge in [-0.15, -0.1) is 0 Å². The Kier molecular flexibility index (Phi) is 6.79. The fourth-order valence-electron chi connectivity index (χ4n) is 3.89. The average molecular weight is 535 g/mol. The number of carboxylic acid groups (broad SMARTS) is 2. The van der Waals surface area contributed by atoms with E-state index in [0.717, 1.165) is 0 Å². The summed E-state index contributed by atoms with van der Waals surface area (Å²) in [6.45, 7) is -0.545. The highest BCUT2D eigenvalue weighted by molar-refractivity contribution is 9.10. The second-order valence-corrected chi connectivity index (χ2v) is 8.67. The molecule has 0 radical (unpaired) electrons. The van der Waals surface area contributed by atoms with E-state index in [1.165, 1.54) is 16.7 Å². The van der Waals surface area contributed by atoms with Crippen LogP contribution in [0, 0.1) is 0 Å². The van der Waals surface area contributed by atoms with E-state index < -0.39 is 29.9 Å². The molecule has 0 aliphatic heterocycles. The number of fused-ring (bicyclic) bond motifs is 1. The molecule has 8 nitrogen and oxygen atoms in total. The Morgan fingerprint density at radius 2 is 1.57 bits per heavy atom. The zero-order valence-corrected chi connectivity index (χ0v) is 19.8. The van der Waals surface area contributed by atoms with Crippen LogP contribution in [0.1, 0.15) is 26.4 Å². The molecular formula is C26H19BrN2O6. The Labute approximate surface area is 207 Å². The quantitative estimate of drug-likeness (QED) is 0.329. The average Bonchev–Trinajstić information content (AvgIpc) is 2.84. The first-order valence-corrected chi connectivity index (χ1v) is 11.3. The normalized spacial score (nSPS) is 10.8. The molecule has 35 heavy (non-hydrogen) atoms. The number of aromatic nitrogens is 1. The van der Waals surface area contributed by atoms with Gasteiger partial charge in [0.25, 0.3) is 11.5 Å². The second kappa shape index (κ2) is 9.94. The molecule has 4 rings (SSSR count). The number of hydrogen-bond donors (Lipinski definition) is 3. The number of hydrogen-bond acceptors (Lipinski definition) is 4. The van der Waals surface area contributed by atoms with Crippen LogP contribution < -0.4 is 10.9 Å². The molecule has 0 bridgehead atoms. The molecule has 176 valence electrons. The van der Waals surface area contributed by atoms with E-state index in [0.29, 0.717) is 31.9 Å². The summed E-state index contributed by atoms with van der Waals surface area (Å²) in [5, 5.41) is 22.1. The van der Waals surface area contributed by atoms with Gasteiger partial charge in [0.15, 0.2) is 0 Å². The van der Waals surface area contributed by atoms with Gasteiger partial charge in [-0.3, -0.25) is 19.0 Å². The number of aliphatic carboxylic acids is 1. The van der Waals surface area contributed by atoms with E-state index >= 15 is 0 Å². The summed E-state index contributed by atoms with van der Waals surface area (Å²) in [5.74, 6) is -2.95. The second-order valence-electron chi connectivity index (χ2n) is 7.75. The lowest BCUT2D eigenvalue weighted by Gasteiger charge is -2.18. The van der Waals surface area contributed by atoms with Gasteiger partial charge < -0.3 is 15.5 Å². The van der Waals surface area contributed by atoms with Crippen molar-refractivity contribution in [2.45, 2.75) is 6.54 Å². The number of nitrogens with zero attached hydrogens (tertiary/aromatic N) is 1. The van der Waals surface area contributed by atoms with Gasteiger partial charge >= 0.3 is 11.9 Å². The maximum absolute atomic E-state index is 13.4. The molecule has 1 heterocycles. The van der Waals surface area contributed by atoms with E-state index in [2.05, 4.69) is 21.2 Å². The predicted molar refractivity (Wildman–Crippen MR) is 134 cm³/mol. The van der Waals surface area contributed by atoms with Gasteiger partial charge in [-0.05, 0) is 46.8 Å². The summed E-state index contributed by atoms with van der Waals surface area (Å²) in [6, 6.07) is 20.3. The lowest BCUT2D eigenvalue weighted by atomic mass is 9.96. The molecule has 4 aromatic rings. The highest BCUT2D eigenvalue weighted by atomic mass is 79.9. The van der Waals surface area contributed by atoms with Crippen LogP contribution in [0.15, 0.2) is 82.1 Å². The molecule has 3 N–H and O–H groups in total. The van der Waals surface area contributed by atoms with Crippen molar-refractivity contribution in [2.24, 2.45) is 0 Å². The third-order valence-corrected chi connectivity index (χ3v) is 5.95. The van der Waals surface area contributed by atoms with Crippen molar-refractivity contribution >= 4 is 44.5 Å². The number of halogens is 1. The lowest BCUT2D eigenvalue weighted by molar-refractivity contribution is -0.135. The smallest absolute Gasteiger partial charge is 0.353 e. The van der Waals surface area contributed by atoms with Crippen molar-refractivity contribution in [3.05, 3.63) is 104 Å². The van der Waals surface area contributed by atoms with Gasteiger partial charge in [0.05, 0.1) is 6.54 Å². The molecule has 0 spiro atoms. The largest absolute Gasteiger partial charge is 0.480 e. The van der Waals surface area contributed by atoms with Crippen molar-refractivity contribution in [3.8, 4) is 11.1 Å². The van der Waals surface area contributed by atoms with E-state index in [9.17, 15) is 24.3 Å². The fraction of sp³-hybridized carbons (Fsp3) is 0.0769. The van der Waals surface area contributed by atoms with Crippen LogP contribution in [0.25, 0.3) is 21.9 Å². The first-order chi connectivity index (χ1) is 16.8. The number of aromatic carboxylic acids is 1. The third kappa shape index (κ3) is 4.99. The number of carboxylic acids is 2. The van der Waals surface area contributed by atoms with Crippen LogP contribution in [-0.4, -0.2) is 39.2 Å². The number of carbonyl (C=O) groups is 3. The maximum atomic E-state index is 13.4. The zero-order valence-electron chi connectivity index (χ0n) is 18.2. The summed E-state index contributed by atoms with van der Waals surface area (Å²) in [5.41, 5.74) is 1.34. The number of pyridine rings is 1. The minimum absolute atomic E-state index is 0.0384. The number of amides is 1. The van der Waals surface area contributed by atoms with Crippen LogP contribution in [0.3, 0.4) is 0 Å². The molecule has 0 saturated carbocycles. The number of nitrogens with one attached hydrogen (secondary N) is 1. The number of rotatable bonds is 7. The summed E-state index contributed by atoms with van der Waals surface area (Å²) < 4.78 is 1.94. The molecule has 0 saturated heterocycles. The van der Waals surface area contributed by atoms with Gasteiger partial charge in [-0.1, -0.05) is 58.4 Å². The van der Waals surface area contributed by atoms with Gasteiger partial charge in [0.1, 0.15) is 12.2 Å². The number of benzene rings is 3. The van der Waals surface area contributed by atoms with Crippen LogP contribution in [0.2, 0.25) is 0 Å². The van der Waals surface area contributed by atoms with Crippen molar-refractivity contribution < 1.29 is 24.6 Å². The van der Waals surface area contributed by atoms with Gasteiger partial charge in [0, 0.05) is 21.0 Å². The summed E-state index contributed by atoms with van der Waals surface area (Å²) >= 11 is 3.41. The highest BCUT2D eigenvalue weighted by Crippen LogP contribution is 2.32. The van der Waals surface area contributed by atoms with E-state index in [1.807, 2.05) is 6.07 Å². The van der Waals surface area contributed by atoms with Crippen molar-refractivity contribution in [1.29, 1.82) is 0 Å². The predicted octanol–water partition coefficient (Wildman–Crippen LogP) is 3.99. The van der Waals surface area contributed by atoms with Crippen LogP contribution in [0.4, 0.5) is 0 Å². The van der Waals surface area contributed by atoms with Crippen LogP contribution in [-0.2, 0) is 11.3 Å². The highest BCUT2D eigenvalue weighted by Gasteiger charge is 2.23. The Bertz CT molecular complexity index is 1510. The molecule has 1 aromatic heterocycles. The number of carbonyl (C=O) groups excluding carboxylic acids is 1. The molecule has 3 aromatic carbocycles. The molecule has 0 unspecified atom stereocenters. The molecule has 0 aliphatic carbocycles. The molecular weight excluding hydrogens is 516 g/mol. The van der Waals surface area contributed by atoms with Crippen molar-refractivity contribution in [1.82, 2.24) is 9.88 Å². The SMILES string of the molecule is O=C(O)CNC(=O)c1ccc(Cn2c(C(=O)O)c(-c3ccccc3)c3cc(Br)ccc3c2=O)cc1. The lowest BCUT2D eigenvalue weighted by Crippen LogP contribution is -2.29. The molecule has 0 atom stereocenters. The third-order valence-electron chi connectivity index (χ3n) is 5.46. The van der Waals surface area contributed by atoms with E-state index in [1.54, 1.807) is 54.6 Å². The maximum Gasteiger partial charge on any atom is 0.353 e. The Hall–Kier alpha value is -4.24. The Morgan fingerprint density at radius 3 is 2.20 bits per heavy atom. The van der Waals surface area contributed by atoms with Crippen molar-refractivity contribution in [2.75, 3.05) is 6.54 Å². The minimum Gasteiger partial charge on any atom is -0.480 e. The van der Waals surface area contributed by atoms with Gasteiger partial charge in [-0.25, -0.2) is 4.79 Å². The van der Waals surface area contributed by atoms with Gasteiger partial charge in [0.2, 0.25) is 0 Å². The first kappa shape index (κ1) is 23.9. The van der Waals surface area contributed by atoms with E-state index in [-0.39, 0.29) is 17.8 Å². The Balaban J connectivity index is 1.85. The molecule has 9 heteroatoms.